The molecule has 5 rings (SSSR count). The van der Waals surface area contributed by atoms with Crippen LogP contribution in [0.25, 0.3) is 0 Å². The lowest BCUT2D eigenvalue weighted by atomic mass is 9.66. The largest absolute Gasteiger partial charge is 0.447 e. The van der Waals surface area contributed by atoms with E-state index in [0.29, 0.717) is 6.42 Å². The molecule has 3 fully saturated rings. The molecule has 5 aliphatic rings. The Morgan fingerprint density at radius 2 is 2.05 bits per heavy atom. The molecule has 19 heavy (non-hydrogen) atoms. The Bertz CT molecular complexity index is 557. The van der Waals surface area contributed by atoms with Crippen LogP contribution in [0.15, 0.2) is 10.6 Å². The van der Waals surface area contributed by atoms with Gasteiger partial charge in [-0.3, -0.25) is 9.59 Å². The highest BCUT2D eigenvalue weighted by Gasteiger charge is 2.82. The standard InChI is InChI=1S/C13H13BrO5/c1-6-3-7-4-9(15)17-13(7)10(16)11(2)5-8(14)12(6,13)19-18-11/h5-7H,3-4H2,1-2H3/t6-,7-,11+,12-,13-/m1/s1. The van der Waals surface area contributed by atoms with E-state index in [-0.39, 0.29) is 30.0 Å². The molecule has 1 saturated carbocycles. The molecule has 0 unspecified atom stereocenters. The average molecular weight is 329 g/mol. The Hall–Kier alpha value is -0.720. The first-order valence-corrected chi connectivity index (χ1v) is 7.18. The van der Waals surface area contributed by atoms with E-state index in [9.17, 15) is 9.59 Å². The predicted molar refractivity (Wildman–Crippen MR) is 66.0 cm³/mol. The second kappa shape index (κ2) is 3.13. The molecule has 2 spiro atoms. The molecular formula is C13H13BrO5. The lowest BCUT2D eigenvalue weighted by molar-refractivity contribution is -0.434. The molecule has 3 heterocycles. The smallest absolute Gasteiger partial charge is 0.307 e. The van der Waals surface area contributed by atoms with Gasteiger partial charge in [-0.1, -0.05) is 22.9 Å². The number of carbonyl (C=O) groups is 2. The third-order valence-electron chi connectivity index (χ3n) is 5.04. The maximum absolute atomic E-state index is 12.9. The van der Waals surface area contributed by atoms with Crippen molar-refractivity contribution in [2.45, 2.75) is 43.5 Å². The van der Waals surface area contributed by atoms with Crippen molar-refractivity contribution in [3.63, 3.8) is 0 Å². The van der Waals surface area contributed by atoms with Gasteiger partial charge in [-0.15, -0.1) is 0 Å². The molecule has 0 N–H and O–H groups in total. The van der Waals surface area contributed by atoms with Crippen LogP contribution in [0.1, 0.15) is 26.7 Å². The van der Waals surface area contributed by atoms with Gasteiger partial charge in [-0.05, 0) is 25.3 Å². The Morgan fingerprint density at radius 1 is 1.32 bits per heavy atom. The fourth-order valence-electron chi connectivity index (χ4n) is 4.23. The first kappa shape index (κ1) is 12.1. The molecule has 2 bridgehead atoms. The van der Waals surface area contributed by atoms with E-state index in [2.05, 4.69) is 15.9 Å². The molecule has 6 heteroatoms. The highest BCUT2D eigenvalue weighted by molar-refractivity contribution is 9.11. The number of esters is 1. The van der Waals surface area contributed by atoms with E-state index in [1.54, 1.807) is 13.0 Å². The number of rotatable bonds is 0. The fourth-order valence-corrected chi connectivity index (χ4v) is 5.42. The quantitative estimate of drug-likeness (QED) is 0.500. The van der Waals surface area contributed by atoms with Crippen LogP contribution < -0.4 is 0 Å². The first-order valence-electron chi connectivity index (χ1n) is 6.39. The number of carbonyl (C=O) groups excluding carboxylic acids is 2. The summed E-state index contributed by atoms with van der Waals surface area (Å²) in [5.74, 6) is -0.628. The monoisotopic (exact) mass is 328 g/mol. The van der Waals surface area contributed by atoms with Crippen molar-refractivity contribution < 1.29 is 24.1 Å². The summed E-state index contributed by atoms with van der Waals surface area (Å²) in [5, 5.41) is 0. The molecule has 2 aliphatic carbocycles. The van der Waals surface area contributed by atoms with Gasteiger partial charge in [0.1, 0.15) is 0 Å². The molecule has 0 aromatic rings. The molecule has 0 aromatic carbocycles. The summed E-state index contributed by atoms with van der Waals surface area (Å²) in [6, 6.07) is 0. The molecule has 0 radical (unpaired) electrons. The summed E-state index contributed by atoms with van der Waals surface area (Å²) >= 11 is 3.51. The molecule has 3 aliphatic heterocycles. The fraction of sp³-hybridized carbons (Fsp3) is 0.692. The summed E-state index contributed by atoms with van der Waals surface area (Å²) in [6.45, 7) is 3.63. The van der Waals surface area contributed by atoms with Gasteiger partial charge < -0.3 is 4.74 Å². The number of hydrogen-bond donors (Lipinski definition) is 0. The average Bonchev–Trinajstić information content (AvgIpc) is 2.74. The molecule has 0 amide bonds. The summed E-state index contributed by atoms with van der Waals surface area (Å²) in [6.07, 6.45) is 2.71. The zero-order valence-corrected chi connectivity index (χ0v) is 12.2. The van der Waals surface area contributed by atoms with E-state index >= 15 is 0 Å². The van der Waals surface area contributed by atoms with Gasteiger partial charge in [-0.2, -0.15) is 0 Å². The van der Waals surface area contributed by atoms with Crippen molar-refractivity contribution in [3.8, 4) is 0 Å². The normalized spacial score (nSPS) is 54.8. The molecule has 102 valence electrons. The van der Waals surface area contributed by atoms with Crippen molar-refractivity contribution in [2.75, 3.05) is 0 Å². The van der Waals surface area contributed by atoms with E-state index < -0.39 is 16.8 Å². The number of halogens is 1. The van der Waals surface area contributed by atoms with Gasteiger partial charge in [0.2, 0.25) is 11.4 Å². The van der Waals surface area contributed by atoms with Gasteiger partial charge in [-0.25, -0.2) is 9.78 Å². The zero-order valence-electron chi connectivity index (χ0n) is 10.6. The third-order valence-corrected chi connectivity index (χ3v) is 5.86. The van der Waals surface area contributed by atoms with Crippen LogP contribution in [0.2, 0.25) is 0 Å². The second-order valence-corrected chi connectivity index (χ2v) is 6.93. The second-order valence-electron chi connectivity index (χ2n) is 6.08. The zero-order chi connectivity index (χ0) is 13.6. The van der Waals surface area contributed by atoms with Gasteiger partial charge in [0, 0.05) is 10.4 Å². The van der Waals surface area contributed by atoms with Gasteiger partial charge in [0.05, 0.1) is 6.42 Å². The van der Waals surface area contributed by atoms with Crippen molar-refractivity contribution in [2.24, 2.45) is 11.8 Å². The van der Waals surface area contributed by atoms with Crippen LogP contribution in [0.3, 0.4) is 0 Å². The molecule has 5 nitrogen and oxygen atoms in total. The summed E-state index contributed by atoms with van der Waals surface area (Å²) in [7, 11) is 0. The molecule has 0 aromatic heterocycles. The molecule has 2 saturated heterocycles. The highest BCUT2D eigenvalue weighted by Crippen LogP contribution is 2.66. The van der Waals surface area contributed by atoms with E-state index in [0.717, 1.165) is 4.48 Å². The minimum atomic E-state index is -1.22. The highest BCUT2D eigenvalue weighted by atomic mass is 79.9. The number of ketones is 1. The Labute approximate surface area is 118 Å². The van der Waals surface area contributed by atoms with Crippen molar-refractivity contribution >= 4 is 27.7 Å². The first-order chi connectivity index (χ1) is 8.87. The summed E-state index contributed by atoms with van der Waals surface area (Å²) in [4.78, 5) is 35.6. The van der Waals surface area contributed by atoms with Crippen LogP contribution in [-0.2, 0) is 24.1 Å². The van der Waals surface area contributed by atoms with E-state index in [1.165, 1.54) is 0 Å². The van der Waals surface area contributed by atoms with Crippen LogP contribution in [0.4, 0.5) is 0 Å². The predicted octanol–water partition coefficient (Wildman–Crippen LogP) is 1.65. The molecular weight excluding hydrogens is 316 g/mol. The minimum absolute atomic E-state index is 0.0324. The van der Waals surface area contributed by atoms with Crippen LogP contribution in [0.5, 0.6) is 0 Å². The Morgan fingerprint density at radius 3 is 2.74 bits per heavy atom. The summed E-state index contributed by atoms with van der Waals surface area (Å²) < 4.78 is 6.30. The van der Waals surface area contributed by atoms with Gasteiger partial charge in [0.15, 0.2) is 11.2 Å². The number of hydrogen-bond acceptors (Lipinski definition) is 5. The topological polar surface area (TPSA) is 61.8 Å². The Kier molecular flexibility index (Phi) is 1.98. The van der Waals surface area contributed by atoms with E-state index in [1.807, 2.05) is 6.92 Å². The van der Waals surface area contributed by atoms with Crippen molar-refractivity contribution in [1.82, 2.24) is 0 Å². The van der Waals surface area contributed by atoms with Crippen molar-refractivity contribution in [1.29, 1.82) is 0 Å². The number of ether oxygens (including phenoxy) is 1. The minimum Gasteiger partial charge on any atom is -0.447 e. The lowest BCUT2D eigenvalue weighted by Crippen LogP contribution is -2.74. The Balaban J connectivity index is 2.04. The maximum atomic E-state index is 12.9. The van der Waals surface area contributed by atoms with Crippen LogP contribution >= 0.6 is 15.9 Å². The number of fused-ring (bicyclic) bond motifs is 1. The van der Waals surface area contributed by atoms with Crippen molar-refractivity contribution in [3.05, 3.63) is 10.6 Å². The van der Waals surface area contributed by atoms with Crippen LogP contribution in [-0.4, -0.2) is 28.6 Å². The van der Waals surface area contributed by atoms with E-state index in [4.69, 9.17) is 14.5 Å². The lowest BCUT2D eigenvalue weighted by Gasteiger charge is -2.54. The summed E-state index contributed by atoms with van der Waals surface area (Å²) in [5.41, 5.74) is -3.42. The van der Waals surface area contributed by atoms with Gasteiger partial charge >= 0.3 is 5.97 Å². The SMILES string of the molecule is C[C@@H]1C[C@@H]2CC(=O)O[C@@]23C(=O)[C@]2(C)C=C(Br)[C@]13OO2. The van der Waals surface area contributed by atoms with Gasteiger partial charge in [0.25, 0.3) is 0 Å². The number of Topliss-reactive ketones (excluding diaryl/α,β-unsaturated/α-hetero) is 1. The molecule has 5 atom stereocenters. The third kappa shape index (κ3) is 1.01. The van der Waals surface area contributed by atoms with Crippen LogP contribution in [0, 0.1) is 11.8 Å². The maximum Gasteiger partial charge on any atom is 0.307 e.